The van der Waals surface area contributed by atoms with Crippen molar-refractivity contribution < 1.29 is 4.90 Å². The predicted molar refractivity (Wildman–Crippen MR) is 93.8 cm³/mol. The van der Waals surface area contributed by atoms with Gasteiger partial charge in [0.05, 0.1) is 14.1 Å². The topological polar surface area (TPSA) is 48.0 Å². The third kappa shape index (κ3) is 2.95. The minimum absolute atomic E-state index is 0.0453. The largest absolute Gasteiger partial charge is 0.329 e. The molecule has 0 fully saturated rings. The van der Waals surface area contributed by atoms with Crippen LogP contribution in [-0.2, 0) is 5.54 Å². The Morgan fingerprint density at radius 3 is 1.83 bits per heavy atom. The summed E-state index contributed by atoms with van der Waals surface area (Å²) in [5, 5.41) is 12.7. The van der Waals surface area contributed by atoms with Crippen molar-refractivity contribution in [2.24, 2.45) is 0 Å². The van der Waals surface area contributed by atoms with Gasteiger partial charge in [0.1, 0.15) is 6.04 Å². The van der Waals surface area contributed by atoms with E-state index in [2.05, 4.69) is 92.0 Å². The van der Waals surface area contributed by atoms with Gasteiger partial charge in [0.25, 0.3) is 0 Å². The fourth-order valence-corrected chi connectivity index (χ4v) is 2.75. The van der Waals surface area contributed by atoms with Crippen LogP contribution in [0.4, 0.5) is 0 Å². The summed E-state index contributed by atoms with van der Waals surface area (Å²) >= 11 is 0. The van der Waals surface area contributed by atoms with Gasteiger partial charge in [-0.15, -0.1) is 5.10 Å². The second kappa shape index (κ2) is 6.53. The van der Waals surface area contributed by atoms with Gasteiger partial charge in [0.15, 0.2) is 5.54 Å². The van der Waals surface area contributed by atoms with Crippen molar-refractivity contribution in [2.45, 2.75) is 25.4 Å². The maximum atomic E-state index is 4.36. The monoisotopic (exact) mass is 322 g/mol. The van der Waals surface area contributed by atoms with Crippen molar-refractivity contribution in [3.8, 4) is 0 Å². The molecule has 124 valence electrons. The zero-order valence-corrected chi connectivity index (χ0v) is 14.6. The van der Waals surface area contributed by atoms with Crippen LogP contribution in [0, 0.1) is 0 Å². The van der Waals surface area contributed by atoms with Crippen LogP contribution in [0.1, 0.15) is 36.8 Å². The third-order valence-electron chi connectivity index (χ3n) is 4.78. The van der Waals surface area contributed by atoms with E-state index in [1.165, 1.54) is 16.0 Å². The first-order chi connectivity index (χ1) is 11.5. The van der Waals surface area contributed by atoms with Crippen LogP contribution in [0.5, 0.6) is 0 Å². The summed E-state index contributed by atoms with van der Waals surface area (Å²) < 4.78 is 1.96. The first kappa shape index (κ1) is 16.3. The van der Waals surface area contributed by atoms with Gasteiger partial charge in [0.2, 0.25) is 5.82 Å². The van der Waals surface area contributed by atoms with Crippen LogP contribution in [0.15, 0.2) is 60.7 Å². The van der Waals surface area contributed by atoms with Gasteiger partial charge >= 0.3 is 0 Å². The van der Waals surface area contributed by atoms with Crippen molar-refractivity contribution in [2.75, 3.05) is 14.1 Å². The van der Waals surface area contributed by atoms with E-state index in [9.17, 15) is 0 Å². The molecule has 0 saturated heterocycles. The Morgan fingerprint density at radius 1 is 0.875 bits per heavy atom. The lowest BCUT2D eigenvalue weighted by Gasteiger charge is -2.30. The molecule has 5 heteroatoms. The molecule has 0 aliphatic carbocycles. The molecule has 1 N–H and O–H groups in total. The highest BCUT2D eigenvalue weighted by molar-refractivity contribution is 5.32. The number of aromatic nitrogens is 4. The zero-order chi connectivity index (χ0) is 17.2. The predicted octanol–water partition coefficient (Wildman–Crippen LogP) is 1.69. The average molecular weight is 322 g/mol. The number of nitrogens with one attached hydrogen (secondary N) is 1. The summed E-state index contributed by atoms with van der Waals surface area (Å²) in [4.78, 5) is 1.28. The molecule has 0 aliphatic heterocycles. The Morgan fingerprint density at radius 2 is 1.38 bits per heavy atom. The zero-order valence-electron chi connectivity index (χ0n) is 14.6. The van der Waals surface area contributed by atoms with Gasteiger partial charge < -0.3 is 4.90 Å². The van der Waals surface area contributed by atoms with Crippen molar-refractivity contribution in [3.63, 3.8) is 0 Å². The van der Waals surface area contributed by atoms with Crippen LogP contribution in [0.2, 0.25) is 0 Å². The normalized spacial score (nSPS) is 12.1. The molecule has 0 aliphatic rings. The Labute approximate surface area is 142 Å². The molecule has 0 unspecified atom stereocenters. The smallest absolute Gasteiger partial charge is 0.212 e. The number of benzene rings is 2. The highest BCUT2D eigenvalue weighted by atomic mass is 15.6. The number of nitrogens with zero attached hydrogens (tertiary/aromatic N) is 4. The summed E-state index contributed by atoms with van der Waals surface area (Å²) in [6.45, 7) is 4.33. The number of hydrogen-bond acceptors (Lipinski definition) is 3. The Balaban J connectivity index is 2.17. The lowest BCUT2D eigenvalue weighted by molar-refractivity contribution is -0.920. The molecular formula is C19H24N5+. The molecule has 5 nitrogen and oxygen atoms in total. The summed E-state index contributed by atoms with van der Waals surface area (Å²) in [6.07, 6.45) is 0. The van der Waals surface area contributed by atoms with Crippen LogP contribution in [0.3, 0.4) is 0 Å². The van der Waals surface area contributed by atoms with Crippen LogP contribution in [0.25, 0.3) is 0 Å². The average Bonchev–Trinajstić information content (AvgIpc) is 3.07. The molecule has 0 saturated carbocycles. The van der Waals surface area contributed by atoms with Gasteiger partial charge in [-0.3, -0.25) is 0 Å². The van der Waals surface area contributed by atoms with E-state index in [0.29, 0.717) is 0 Å². The van der Waals surface area contributed by atoms with Gasteiger partial charge in [0, 0.05) is 0 Å². The second-order valence-corrected chi connectivity index (χ2v) is 6.80. The number of hydrogen-bond donors (Lipinski definition) is 1. The van der Waals surface area contributed by atoms with Crippen molar-refractivity contribution in [1.82, 2.24) is 20.2 Å². The van der Waals surface area contributed by atoms with E-state index in [1.807, 2.05) is 16.8 Å². The minimum Gasteiger partial charge on any atom is -0.329 e. The second-order valence-electron chi connectivity index (χ2n) is 6.80. The molecule has 0 amide bonds. The maximum absolute atomic E-state index is 4.36. The van der Waals surface area contributed by atoms with E-state index >= 15 is 0 Å². The molecule has 0 spiro atoms. The summed E-state index contributed by atoms with van der Waals surface area (Å²) in [7, 11) is 4.25. The van der Waals surface area contributed by atoms with Crippen LogP contribution < -0.4 is 4.90 Å². The molecule has 0 bridgehead atoms. The van der Waals surface area contributed by atoms with E-state index in [-0.39, 0.29) is 11.6 Å². The molecular weight excluding hydrogens is 298 g/mol. The lowest BCUT2D eigenvalue weighted by Crippen LogP contribution is -3.12. The molecule has 24 heavy (non-hydrogen) atoms. The van der Waals surface area contributed by atoms with Gasteiger partial charge in [-0.2, -0.15) is 0 Å². The molecule has 2 aromatic carbocycles. The van der Waals surface area contributed by atoms with Crippen LogP contribution >= 0.6 is 0 Å². The standard InChI is InChI=1S/C19H23N5/c1-19(2,23(3)4)18-20-21-22-24(18)17(15-11-7-5-8-12-15)16-13-9-6-10-14-16/h5-14,17H,1-4H3/p+1. The van der Waals surface area contributed by atoms with Gasteiger partial charge in [-0.05, 0) is 35.4 Å². The van der Waals surface area contributed by atoms with E-state index < -0.39 is 0 Å². The fraction of sp³-hybridized carbons (Fsp3) is 0.316. The fourth-order valence-electron chi connectivity index (χ4n) is 2.75. The maximum Gasteiger partial charge on any atom is 0.212 e. The molecule has 3 rings (SSSR count). The molecule has 1 heterocycles. The third-order valence-corrected chi connectivity index (χ3v) is 4.78. The number of rotatable bonds is 5. The van der Waals surface area contributed by atoms with Gasteiger partial charge in [-0.25, -0.2) is 4.68 Å². The van der Waals surface area contributed by atoms with Crippen molar-refractivity contribution >= 4 is 0 Å². The number of tetrazole rings is 1. The number of quaternary nitrogens is 1. The summed E-state index contributed by atoms with van der Waals surface area (Å²) in [5.41, 5.74) is 2.13. The quantitative estimate of drug-likeness (QED) is 0.778. The van der Waals surface area contributed by atoms with Gasteiger partial charge in [-0.1, -0.05) is 60.7 Å². The molecule has 0 radical (unpaired) electrons. The highest BCUT2D eigenvalue weighted by Crippen LogP contribution is 2.28. The van der Waals surface area contributed by atoms with E-state index in [0.717, 1.165) is 5.82 Å². The SMILES string of the molecule is C[NH+](C)C(C)(C)c1nnnn1C(c1ccccc1)c1ccccc1. The van der Waals surface area contributed by atoms with Crippen molar-refractivity contribution in [1.29, 1.82) is 0 Å². The first-order valence-corrected chi connectivity index (χ1v) is 8.20. The van der Waals surface area contributed by atoms with E-state index in [1.54, 1.807) is 0 Å². The summed E-state index contributed by atoms with van der Waals surface area (Å²) in [5.74, 6) is 0.875. The lowest BCUT2D eigenvalue weighted by atomic mass is 9.96. The Kier molecular flexibility index (Phi) is 4.44. The van der Waals surface area contributed by atoms with Crippen molar-refractivity contribution in [3.05, 3.63) is 77.6 Å². The Bertz CT molecular complexity index is 738. The minimum atomic E-state index is -0.203. The molecule has 1 aromatic heterocycles. The van der Waals surface area contributed by atoms with Crippen LogP contribution in [-0.4, -0.2) is 34.3 Å². The molecule has 3 aromatic rings. The van der Waals surface area contributed by atoms with E-state index in [4.69, 9.17) is 0 Å². The molecule has 0 atom stereocenters. The summed E-state index contributed by atoms with van der Waals surface area (Å²) in [6, 6.07) is 20.7. The Hall–Kier alpha value is -2.53. The first-order valence-electron chi connectivity index (χ1n) is 8.20. The highest BCUT2D eigenvalue weighted by Gasteiger charge is 2.36.